The third-order valence-corrected chi connectivity index (χ3v) is 3.98. The van der Waals surface area contributed by atoms with Gasteiger partial charge in [-0.25, -0.2) is 0 Å². The Balaban J connectivity index is 2.59. The van der Waals surface area contributed by atoms with Gasteiger partial charge in [-0.05, 0) is 52.5 Å². The minimum atomic E-state index is -0.822. The molecule has 112 valence electrons. The van der Waals surface area contributed by atoms with Gasteiger partial charge < -0.3 is 15.7 Å². The molecule has 0 aromatic heterocycles. The fraction of sp³-hybridized carbons (Fsp3) is 0.933. The van der Waals surface area contributed by atoms with Gasteiger partial charge in [-0.1, -0.05) is 12.8 Å². The normalized spacial score (nSPS) is 24.3. The average Bonchev–Trinajstić information content (AvgIpc) is 2.35. The molecule has 3 N–H and O–H groups in total. The largest absolute Gasteiger partial charge is 0.389 e. The maximum Gasteiger partial charge on any atom is 0.225 e. The molecule has 4 heteroatoms. The first-order valence-corrected chi connectivity index (χ1v) is 7.58. The highest BCUT2D eigenvalue weighted by molar-refractivity contribution is 5.79. The van der Waals surface area contributed by atoms with Crippen molar-refractivity contribution in [2.24, 2.45) is 17.6 Å². The summed E-state index contributed by atoms with van der Waals surface area (Å²) < 4.78 is 0. The molecule has 2 unspecified atom stereocenters. The second-order valence-electron chi connectivity index (χ2n) is 6.47. The van der Waals surface area contributed by atoms with Crippen LogP contribution >= 0.6 is 0 Å². The molecule has 4 nitrogen and oxygen atoms in total. The number of nitrogens with two attached hydrogens (primary N) is 1. The number of aliphatic hydroxyl groups is 1. The first-order valence-electron chi connectivity index (χ1n) is 7.58. The Labute approximate surface area is 117 Å². The van der Waals surface area contributed by atoms with Crippen molar-refractivity contribution in [2.75, 3.05) is 19.6 Å². The molecule has 1 amide bonds. The van der Waals surface area contributed by atoms with E-state index in [1.54, 1.807) is 18.7 Å². The van der Waals surface area contributed by atoms with Crippen molar-refractivity contribution in [1.29, 1.82) is 0 Å². The molecule has 1 fully saturated rings. The molecule has 0 heterocycles. The van der Waals surface area contributed by atoms with Crippen LogP contribution in [0.3, 0.4) is 0 Å². The Morgan fingerprint density at radius 3 is 2.63 bits per heavy atom. The standard InChI is InChI=1S/C15H30N2O2/c1-4-17(11-15(2,3)19)14(18)13-7-5-6-12(10-13)8-9-16/h12-13,19H,4-11,16H2,1-3H3. The van der Waals surface area contributed by atoms with Crippen LogP contribution in [-0.2, 0) is 4.79 Å². The van der Waals surface area contributed by atoms with Gasteiger partial charge in [0.05, 0.1) is 5.60 Å². The van der Waals surface area contributed by atoms with Crippen LogP contribution in [0.4, 0.5) is 0 Å². The Morgan fingerprint density at radius 1 is 1.42 bits per heavy atom. The van der Waals surface area contributed by atoms with Crippen molar-refractivity contribution in [2.45, 2.75) is 58.5 Å². The number of likely N-dealkylation sites (N-methyl/N-ethyl adjacent to an activating group) is 1. The lowest BCUT2D eigenvalue weighted by Gasteiger charge is -2.34. The summed E-state index contributed by atoms with van der Waals surface area (Å²) in [5.74, 6) is 0.951. The van der Waals surface area contributed by atoms with Crippen LogP contribution in [0.1, 0.15) is 52.9 Å². The molecule has 1 rings (SSSR count). The highest BCUT2D eigenvalue weighted by atomic mass is 16.3. The fourth-order valence-corrected chi connectivity index (χ4v) is 3.08. The molecule has 0 aliphatic heterocycles. The zero-order valence-corrected chi connectivity index (χ0v) is 12.7. The molecule has 19 heavy (non-hydrogen) atoms. The van der Waals surface area contributed by atoms with Crippen LogP contribution in [0.25, 0.3) is 0 Å². The number of hydrogen-bond acceptors (Lipinski definition) is 3. The van der Waals surface area contributed by atoms with E-state index in [0.717, 1.165) is 25.7 Å². The Kier molecular flexibility index (Phi) is 6.27. The van der Waals surface area contributed by atoms with Crippen LogP contribution in [-0.4, -0.2) is 41.1 Å². The SMILES string of the molecule is CCN(CC(C)(C)O)C(=O)C1CCCC(CCN)C1. The Morgan fingerprint density at radius 2 is 2.11 bits per heavy atom. The lowest BCUT2D eigenvalue weighted by atomic mass is 9.79. The van der Waals surface area contributed by atoms with Gasteiger partial charge in [0.2, 0.25) is 5.91 Å². The summed E-state index contributed by atoms with van der Waals surface area (Å²) in [4.78, 5) is 14.3. The minimum Gasteiger partial charge on any atom is -0.389 e. The number of rotatable bonds is 6. The summed E-state index contributed by atoms with van der Waals surface area (Å²) in [6.07, 6.45) is 5.32. The van der Waals surface area contributed by atoms with Crippen molar-refractivity contribution in [1.82, 2.24) is 4.90 Å². The van der Waals surface area contributed by atoms with Crippen molar-refractivity contribution in [3.63, 3.8) is 0 Å². The van der Waals surface area contributed by atoms with Crippen LogP contribution in [0.2, 0.25) is 0 Å². The molecule has 1 aliphatic carbocycles. The predicted molar refractivity (Wildman–Crippen MR) is 77.7 cm³/mol. The summed E-state index contributed by atoms with van der Waals surface area (Å²) >= 11 is 0. The molecule has 0 saturated heterocycles. The number of nitrogens with zero attached hydrogens (tertiary/aromatic N) is 1. The van der Waals surface area contributed by atoms with Crippen molar-refractivity contribution < 1.29 is 9.90 Å². The van der Waals surface area contributed by atoms with E-state index in [1.807, 2.05) is 6.92 Å². The zero-order valence-electron chi connectivity index (χ0n) is 12.7. The highest BCUT2D eigenvalue weighted by Gasteiger charge is 2.31. The van der Waals surface area contributed by atoms with Crippen molar-refractivity contribution >= 4 is 5.91 Å². The highest BCUT2D eigenvalue weighted by Crippen LogP contribution is 2.32. The average molecular weight is 270 g/mol. The topological polar surface area (TPSA) is 66.6 Å². The third kappa shape index (κ3) is 5.49. The van der Waals surface area contributed by atoms with Crippen molar-refractivity contribution in [3.05, 3.63) is 0 Å². The van der Waals surface area contributed by atoms with Crippen LogP contribution in [0.5, 0.6) is 0 Å². The molecule has 1 saturated carbocycles. The van der Waals surface area contributed by atoms with Gasteiger partial charge in [-0.15, -0.1) is 0 Å². The van der Waals surface area contributed by atoms with Gasteiger partial charge in [-0.2, -0.15) is 0 Å². The van der Waals surface area contributed by atoms with E-state index in [1.165, 1.54) is 6.42 Å². The summed E-state index contributed by atoms with van der Waals surface area (Å²) in [5.41, 5.74) is 4.80. The molecule has 0 spiro atoms. The molecular weight excluding hydrogens is 240 g/mol. The zero-order chi connectivity index (χ0) is 14.5. The van der Waals surface area contributed by atoms with Crippen LogP contribution in [0, 0.1) is 11.8 Å². The van der Waals surface area contributed by atoms with E-state index in [9.17, 15) is 9.90 Å². The molecule has 2 atom stereocenters. The molecule has 0 aromatic carbocycles. The maximum atomic E-state index is 12.5. The van der Waals surface area contributed by atoms with Gasteiger partial charge in [0.15, 0.2) is 0 Å². The third-order valence-electron chi connectivity index (χ3n) is 3.98. The van der Waals surface area contributed by atoms with Crippen LogP contribution in [0.15, 0.2) is 0 Å². The van der Waals surface area contributed by atoms with Crippen molar-refractivity contribution in [3.8, 4) is 0 Å². The summed E-state index contributed by atoms with van der Waals surface area (Å²) in [6, 6.07) is 0. The molecule has 0 aromatic rings. The first kappa shape index (κ1) is 16.4. The number of carbonyl (C=O) groups excluding carboxylic acids is 1. The Hall–Kier alpha value is -0.610. The van der Waals surface area contributed by atoms with E-state index >= 15 is 0 Å². The number of amides is 1. The van der Waals surface area contributed by atoms with Gasteiger partial charge in [-0.3, -0.25) is 4.79 Å². The summed E-state index contributed by atoms with van der Waals surface area (Å²) in [6.45, 7) is 7.28. The number of carbonyl (C=O) groups is 1. The van der Waals surface area contributed by atoms with E-state index in [4.69, 9.17) is 5.73 Å². The second kappa shape index (κ2) is 7.25. The van der Waals surface area contributed by atoms with Gasteiger partial charge >= 0.3 is 0 Å². The summed E-state index contributed by atoms with van der Waals surface area (Å²) in [5, 5.41) is 9.89. The lowest BCUT2D eigenvalue weighted by molar-refractivity contribution is -0.139. The molecule has 0 radical (unpaired) electrons. The monoisotopic (exact) mass is 270 g/mol. The molecular formula is C15H30N2O2. The second-order valence-corrected chi connectivity index (χ2v) is 6.47. The lowest BCUT2D eigenvalue weighted by Crippen LogP contribution is -2.45. The van der Waals surface area contributed by atoms with E-state index in [-0.39, 0.29) is 11.8 Å². The molecule has 1 aliphatic rings. The Bertz CT molecular complexity index is 284. The van der Waals surface area contributed by atoms with E-state index in [0.29, 0.717) is 25.6 Å². The predicted octanol–water partition coefficient (Wildman–Crippen LogP) is 1.76. The van der Waals surface area contributed by atoms with Gasteiger partial charge in [0, 0.05) is 19.0 Å². The minimum absolute atomic E-state index is 0.132. The fourth-order valence-electron chi connectivity index (χ4n) is 3.08. The smallest absolute Gasteiger partial charge is 0.225 e. The van der Waals surface area contributed by atoms with Crippen LogP contribution < -0.4 is 5.73 Å². The van der Waals surface area contributed by atoms with E-state index < -0.39 is 5.60 Å². The summed E-state index contributed by atoms with van der Waals surface area (Å²) in [7, 11) is 0. The number of hydrogen-bond donors (Lipinski definition) is 2. The maximum absolute atomic E-state index is 12.5. The van der Waals surface area contributed by atoms with E-state index in [2.05, 4.69) is 0 Å². The quantitative estimate of drug-likeness (QED) is 0.773. The van der Waals surface area contributed by atoms with Gasteiger partial charge in [0.1, 0.15) is 0 Å². The molecule has 0 bridgehead atoms. The van der Waals surface area contributed by atoms with Gasteiger partial charge in [0.25, 0.3) is 0 Å². The first-order chi connectivity index (χ1) is 8.87.